The first-order valence-electron chi connectivity index (χ1n) is 12.5. The second kappa shape index (κ2) is 10.6. The highest BCUT2D eigenvalue weighted by molar-refractivity contribution is 5.92. The van der Waals surface area contributed by atoms with Gasteiger partial charge in [-0.25, -0.2) is 4.68 Å². The van der Waals surface area contributed by atoms with Crippen molar-refractivity contribution in [3.63, 3.8) is 0 Å². The third-order valence-electron chi connectivity index (χ3n) is 7.00. The van der Waals surface area contributed by atoms with E-state index in [9.17, 15) is 4.79 Å². The van der Waals surface area contributed by atoms with Crippen molar-refractivity contribution >= 4 is 22.5 Å². The van der Waals surface area contributed by atoms with Gasteiger partial charge in [0.15, 0.2) is 5.82 Å². The minimum atomic E-state index is 0.419. The lowest BCUT2D eigenvalue weighted by molar-refractivity contribution is -0.120. The second-order valence-electron chi connectivity index (χ2n) is 10.1. The number of ketones is 1. The van der Waals surface area contributed by atoms with E-state index in [-0.39, 0.29) is 0 Å². The molecule has 182 valence electrons. The molecule has 0 atom stereocenters. The largest absolute Gasteiger partial charge is 0.353 e. The highest BCUT2D eigenvalue weighted by Crippen LogP contribution is 2.32. The van der Waals surface area contributed by atoms with Crippen LogP contribution in [0.25, 0.3) is 16.6 Å². The fourth-order valence-electron chi connectivity index (χ4n) is 4.99. The van der Waals surface area contributed by atoms with Crippen LogP contribution < -0.4 is 4.90 Å². The van der Waals surface area contributed by atoms with E-state index in [1.54, 1.807) is 0 Å². The van der Waals surface area contributed by atoms with Crippen LogP contribution in [0.3, 0.4) is 0 Å². The molecule has 0 N–H and O–H groups in total. The third kappa shape index (κ3) is 5.46. The first-order chi connectivity index (χ1) is 16.3. The summed E-state index contributed by atoms with van der Waals surface area (Å²) in [5, 5.41) is 15.1. The van der Waals surface area contributed by atoms with Gasteiger partial charge in [0.05, 0.1) is 22.5 Å². The summed E-state index contributed by atoms with van der Waals surface area (Å²) in [5.41, 5.74) is 5.19. The van der Waals surface area contributed by atoms with E-state index in [1.807, 2.05) is 11.6 Å². The Labute approximate surface area is 203 Å². The average molecular weight is 463 g/mol. The van der Waals surface area contributed by atoms with Gasteiger partial charge >= 0.3 is 0 Å². The molecule has 3 aromatic rings. The van der Waals surface area contributed by atoms with Crippen LogP contribution in [0.15, 0.2) is 24.3 Å². The van der Waals surface area contributed by atoms with Crippen molar-refractivity contribution in [3.05, 3.63) is 41.2 Å². The summed E-state index contributed by atoms with van der Waals surface area (Å²) in [6, 6.07) is 8.43. The molecule has 4 rings (SSSR count). The van der Waals surface area contributed by atoms with E-state index in [4.69, 9.17) is 5.10 Å². The fraction of sp³-hybridized carbons (Fsp3) is 0.556. The molecule has 0 saturated carbocycles. The van der Waals surface area contributed by atoms with Crippen molar-refractivity contribution in [2.24, 2.45) is 5.92 Å². The van der Waals surface area contributed by atoms with E-state index in [0.29, 0.717) is 24.5 Å². The Morgan fingerprint density at radius 1 is 1.03 bits per heavy atom. The van der Waals surface area contributed by atoms with Gasteiger partial charge in [0.25, 0.3) is 0 Å². The van der Waals surface area contributed by atoms with Crippen LogP contribution in [0.2, 0.25) is 0 Å². The number of hydrogen-bond acceptors (Lipinski definition) is 6. The first kappa shape index (κ1) is 24.3. The van der Waals surface area contributed by atoms with Crippen LogP contribution >= 0.6 is 0 Å². The average Bonchev–Trinajstić information content (AvgIpc) is 3.16. The van der Waals surface area contributed by atoms with E-state index < -0.39 is 0 Å². The number of anilines is 1. The summed E-state index contributed by atoms with van der Waals surface area (Å²) in [4.78, 5) is 16.9. The lowest BCUT2D eigenvalue weighted by atomic mass is 9.90. The number of piperidine rings is 1. The number of fused-ring (bicyclic) bond motifs is 1. The smallest absolute Gasteiger partial charge is 0.179 e. The molecule has 7 nitrogen and oxygen atoms in total. The number of carbonyl (C=O) groups excluding carboxylic acids is 1. The molecular weight excluding hydrogens is 424 g/mol. The van der Waals surface area contributed by atoms with Crippen molar-refractivity contribution in [2.45, 2.75) is 59.3 Å². The van der Waals surface area contributed by atoms with Crippen LogP contribution in [0.5, 0.6) is 0 Å². The molecule has 2 aromatic heterocycles. The quantitative estimate of drug-likeness (QED) is 0.431. The first-order valence-corrected chi connectivity index (χ1v) is 12.5. The highest BCUT2D eigenvalue weighted by Gasteiger charge is 2.26. The molecule has 0 aliphatic carbocycles. The number of Topliss-reactive ketones (excluding diaryl/α,β-unsaturated/α-hetero) is 1. The zero-order chi connectivity index (χ0) is 24.2. The molecule has 0 bridgehead atoms. The van der Waals surface area contributed by atoms with Gasteiger partial charge in [-0.1, -0.05) is 17.7 Å². The van der Waals surface area contributed by atoms with Gasteiger partial charge in [0.2, 0.25) is 0 Å². The van der Waals surface area contributed by atoms with Crippen molar-refractivity contribution in [2.75, 3.05) is 38.6 Å². The molecule has 3 heterocycles. The molecule has 0 unspecified atom stereocenters. The molecule has 0 radical (unpaired) electrons. The van der Waals surface area contributed by atoms with Crippen molar-refractivity contribution < 1.29 is 4.79 Å². The molecular formula is C27H38N6O. The number of rotatable bonds is 9. The maximum atomic E-state index is 12.5. The Balaban J connectivity index is 1.44. The Morgan fingerprint density at radius 3 is 2.41 bits per heavy atom. The lowest BCUT2D eigenvalue weighted by Gasteiger charge is -2.32. The molecule has 1 saturated heterocycles. The number of aryl methyl sites for hydroxylation is 3. The van der Waals surface area contributed by atoms with Crippen LogP contribution in [0, 0.1) is 26.7 Å². The van der Waals surface area contributed by atoms with Gasteiger partial charge in [0.1, 0.15) is 11.3 Å². The van der Waals surface area contributed by atoms with Crippen molar-refractivity contribution in [1.29, 1.82) is 0 Å². The minimum Gasteiger partial charge on any atom is -0.353 e. The topological polar surface area (TPSA) is 67.2 Å². The van der Waals surface area contributed by atoms with Gasteiger partial charge in [-0.3, -0.25) is 4.79 Å². The summed E-state index contributed by atoms with van der Waals surface area (Å²) >= 11 is 0. The summed E-state index contributed by atoms with van der Waals surface area (Å²) in [5.74, 6) is 1.75. The number of hydrogen-bond donors (Lipinski definition) is 0. The molecule has 0 amide bonds. The van der Waals surface area contributed by atoms with Gasteiger partial charge in [0, 0.05) is 25.9 Å². The second-order valence-corrected chi connectivity index (χ2v) is 10.1. The maximum absolute atomic E-state index is 12.5. The van der Waals surface area contributed by atoms with E-state index in [2.05, 4.69) is 72.2 Å². The molecule has 1 aliphatic heterocycles. The van der Waals surface area contributed by atoms with Gasteiger partial charge in [-0.05, 0) is 85.1 Å². The number of nitrogens with zero attached hydrogens (tertiary/aromatic N) is 6. The summed E-state index contributed by atoms with van der Waals surface area (Å²) in [6.45, 7) is 9.03. The number of unbranched alkanes of at least 4 members (excludes halogenated alkanes) is 1. The minimum absolute atomic E-state index is 0.419. The normalized spacial score (nSPS) is 14.9. The zero-order valence-corrected chi connectivity index (χ0v) is 21.3. The Morgan fingerprint density at radius 2 is 1.74 bits per heavy atom. The van der Waals surface area contributed by atoms with E-state index in [0.717, 1.165) is 79.1 Å². The van der Waals surface area contributed by atoms with Gasteiger partial charge in [-0.15, -0.1) is 5.10 Å². The van der Waals surface area contributed by atoms with Crippen LogP contribution in [-0.2, 0) is 4.79 Å². The standard InChI is InChI=1S/C27H38N6O/c1-19-9-11-23(12-10-19)33-21(3)25-20(2)28-29-27(26(25)30-33)32-16-13-22(14-17-32)18-24(34)8-6-7-15-31(4)5/h9-12,22H,6-8,13-18H2,1-5H3. The maximum Gasteiger partial charge on any atom is 0.179 e. The van der Waals surface area contributed by atoms with E-state index >= 15 is 0 Å². The van der Waals surface area contributed by atoms with E-state index in [1.165, 1.54) is 5.56 Å². The lowest BCUT2D eigenvalue weighted by Crippen LogP contribution is -2.35. The Bertz CT molecular complexity index is 1130. The number of benzene rings is 1. The van der Waals surface area contributed by atoms with Gasteiger partial charge < -0.3 is 9.80 Å². The predicted octanol–water partition coefficient (Wildman–Crippen LogP) is 4.65. The summed E-state index contributed by atoms with van der Waals surface area (Å²) in [6.07, 6.45) is 5.54. The molecule has 1 fully saturated rings. The SMILES string of the molecule is Cc1ccc(-n2nc3c(N4CCC(CC(=O)CCCCN(C)C)CC4)nnc(C)c3c2C)cc1. The van der Waals surface area contributed by atoms with Crippen molar-refractivity contribution in [1.82, 2.24) is 24.9 Å². The Hall–Kier alpha value is -2.80. The van der Waals surface area contributed by atoms with Crippen LogP contribution in [-0.4, -0.2) is 64.4 Å². The summed E-state index contributed by atoms with van der Waals surface area (Å²) < 4.78 is 2.01. The molecule has 1 aliphatic rings. The molecule has 1 aromatic carbocycles. The monoisotopic (exact) mass is 462 g/mol. The molecule has 7 heteroatoms. The van der Waals surface area contributed by atoms with Crippen molar-refractivity contribution in [3.8, 4) is 5.69 Å². The van der Waals surface area contributed by atoms with Gasteiger partial charge in [-0.2, -0.15) is 10.2 Å². The third-order valence-corrected chi connectivity index (χ3v) is 7.00. The fourth-order valence-corrected chi connectivity index (χ4v) is 4.99. The Kier molecular flexibility index (Phi) is 7.61. The highest BCUT2D eigenvalue weighted by atomic mass is 16.1. The molecule has 0 spiro atoms. The predicted molar refractivity (Wildman–Crippen MR) is 138 cm³/mol. The van der Waals surface area contributed by atoms with Crippen LogP contribution in [0.4, 0.5) is 5.82 Å². The zero-order valence-electron chi connectivity index (χ0n) is 21.3. The summed E-state index contributed by atoms with van der Waals surface area (Å²) in [7, 11) is 4.16. The van der Waals surface area contributed by atoms with Crippen LogP contribution in [0.1, 0.15) is 55.5 Å². The number of aromatic nitrogens is 4. The molecule has 34 heavy (non-hydrogen) atoms. The number of carbonyl (C=O) groups is 1.